The Balaban J connectivity index is 2.48. The largest absolute Gasteiger partial charge is 0.370 e. The third-order valence-electron chi connectivity index (χ3n) is 2.93. The van der Waals surface area contributed by atoms with Crippen molar-refractivity contribution in [1.82, 2.24) is 0 Å². The number of ketones is 1. The van der Waals surface area contributed by atoms with Crippen molar-refractivity contribution < 1.29 is 4.79 Å². The summed E-state index contributed by atoms with van der Waals surface area (Å²) < 4.78 is 0. The second-order valence-corrected chi connectivity index (χ2v) is 4.50. The van der Waals surface area contributed by atoms with Crippen LogP contribution in [0.5, 0.6) is 0 Å². The smallest absolute Gasteiger partial charge is 0.185 e. The highest BCUT2D eigenvalue weighted by Crippen LogP contribution is 2.15. The van der Waals surface area contributed by atoms with Gasteiger partial charge in [0.25, 0.3) is 0 Å². The number of guanidine groups is 1. The lowest BCUT2D eigenvalue weighted by Gasteiger charge is -2.08. The van der Waals surface area contributed by atoms with Crippen molar-refractivity contribution in [2.24, 2.45) is 16.5 Å². The molecule has 98 valence electrons. The lowest BCUT2D eigenvalue weighted by atomic mass is 9.97. The van der Waals surface area contributed by atoms with Crippen LogP contribution < -0.4 is 11.5 Å². The summed E-state index contributed by atoms with van der Waals surface area (Å²) in [5, 5.41) is 0. The molecule has 0 fully saturated rings. The molecule has 0 atom stereocenters. The molecule has 0 saturated heterocycles. The minimum Gasteiger partial charge on any atom is -0.370 e. The van der Waals surface area contributed by atoms with Gasteiger partial charge in [0.2, 0.25) is 0 Å². The van der Waals surface area contributed by atoms with Gasteiger partial charge >= 0.3 is 0 Å². The molecule has 0 aliphatic heterocycles. The number of aryl methyl sites for hydroxylation is 2. The molecular weight excluding hydrogens is 226 g/mol. The van der Waals surface area contributed by atoms with Crippen molar-refractivity contribution in [1.29, 1.82) is 0 Å². The molecule has 0 radical (unpaired) electrons. The fourth-order valence-corrected chi connectivity index (χ4v) is 1.90. The van der Waals surface area contributed by atoms with E-state index in [1.165, 1.54) is 11.1 Å². The highest BCUT2D eigenvalue weighted by Gasteiger charge is 2.08. The molecule has 0 heterocycles. The summed E-state index contributed by atoms with van der Waals surface area (Å²) in [5.74, 6) is 0.315. The quantitative estimate of drug-likeness (QED) is 0.453. The lowest BCUT2D eigenvalue weighted by molar-refractivity contribution is -0.118. The molecule has 0 aromatic heterocycles. The number of nitrogens with zero attached hydrogens (tertiary/aromatic N) is 1. The molecule has 0 bridgehead atoms. The Bertz CT molecular complexity index is 428. The van der Waals surface area contributed by atoms with Gasteiger partial charge in [0.1, 0.15) is 5.78 Å². The topological polar surface area (TPSA) is 81.5 Å². The number of benzene rings is 1. The Morgan fingerprint density at radius 1 is 1.22 bits per heavy atom. The van der Waals surface area contributed by atoms with Crippen LogP contribution in [0.15, 0.2) is 23.2 Å². The zero-order valence-electron chi connectivity index (χ0n) is 11.1. The third kappa shape index (κ3) is 4.57. The van der Waals surface area contributed by atoms with Crippen LogP contribution in [0.1, 0.15) is 29.5 Å². The Morgan fingerprint density at radius 2 is 1.83 bits per heavy atom. The first-order valence-corrected chi connectivity index (χ1v) is 6.13. The molecule has 0 saturated carbocycles. The van der Waals surface area contributed by atoms with Crippen LogP contribution in [0.3, 0.4) is 0 Å². The van der Waals surface area contributed by atoms with Gasteiger partial charge in [0.15, 0.2) is 5.96 Å². The van der Waals surface area contributed by atoms with Crippen LogP contribution in [0.4, 0.5) is 0 Å². The van der Waals surface area contributed by atoms with Crippen LogP contribution in [0.2, 0.25) is 0 Å². The minimum atomic E-state index is 0.0807. The fourth-order valence-electron chi connectivity index (χ4n) is 1.90. The number of Topliss-reactive ketones (excluding diaryl/α,β-unsaturated/α-hetero) is 1. The van der Waals surface area contributed by atoms with Gasteiger partial charge in [0.05, 0.1) is 0 Å². The van der Waals surface area contributed by atoms with Crippen molar-refractivity contribution in [3.8, 4) is 0 Å². The molecular formula is C14H21N3O. The summed E-state index contributed by atoms with van der Waals surface area (Å²) in [6.45, 7) is 4.59. The highest BCUT2D eigenvalue weighted by atomic mass is 16.1. The van der Waals surface area contributed by atoms with Gasteiger partial charge in [-0.05, 0) is 37.0 Å². The van der Waals surface area contributed by atoms with Crippen molar-refractivity contribution in [3.05, 3.63) is 34.9 Å². The van der Waals surface area contributed by atoms with Crippen LogP contribution in [-0.2, 0) is 11.2 Å². The van der Waals surface area contributed by atoms with E-state index >= 15 is 0 Å². The summed E-state index contributed by atoms with van der Waals surface area (Å²) in [5.41, 5.74) is 13.9. The predicted molar refractivity (Wildman–Crippen MR) is 74.5 cm³/mol. The molecule has 0 aliphatic carbocycles. The van der Waals surface area contributed by atoms with Crippen LogP contribution in [-0.4, -0.2) is 18.3 Å². The van der Waals surface area contributed by atoms with E-state index in [0.29, 0.717) is 25.8 Å². The summed E-state index contributed by atoms with van der Waals surface area (Å²) in [7, 11) is 0. The number of rotatable bonds is 6. The van der Waals surface area contributed by atoms with Gasteiger partial charge in [-0.3, -0.25) is 9.79 Å². The monoisotopic (exact) mass is 247 g/mol. The summed E-state index contributed by atoms with van der Waals surface area (Å²) in [4.78, 5) is 15.7. The molecule has 4 N–H and O–H groups in total. The minimum absolute atomic E-state index is 0.0807. The van der Waals surface area contributed by atoms with Gasteiger partial charge < -0.3 is 11.5 Å². The van der Waals surface area contributed by atoms with Gasteiger partial charge in [-0.25, -0.2) is 0 Å². The SMILES string of the molecule is Cc1cccc(C)c1CC(=O)CCCN=C(N)N. The van der Waals surface area contributed by atoms with Crippen molar-refractivity contribution in [2.45, 2.75) is 33.1 Å². The van der Waals surface area contributed by atoms with Gasteiger partial charge in [0, 0.05) is 19.4 Å². The van der Waals surface area contributed by atoms with Crippen molar-refractivity contribution in [2.75, 3.05) is 6.54 Å². The number of carbonyl (C=O) groups excluding carboxylic acids is 1. The molecule has 0 unspecified atom stereocenters. The van der Waals surface area contributed by atoms with E-state index < -0.39 is 0 Å². The Kier molecular flexibility index (Phi) is 5.36. The molecule has 0 amide bonds. The maximum absolute atomic E-state index is 11.9. The maximum atomic E-state index is 11.9. The second kappa shape index (κ2) is 6.79. The summed E-state index contributed by atoms with van der Waals surface area (Å²) >= 11 is 0. The third-order valence-corrected chi connectivity index (χ3v) is 2.93. The lowest BCUT2D eigenvalue weighted by Crippen LogP contribution is -2.23. The molecule has 0 aliphatic rings. The fraction of sp³-hybridized carbons (Fsp3) is 0.429. The van der Waals surface area contributed by atoms with Crippen molar-refractivity contribution in [3.63, 3.8) is 0 Å². The average Bonchev–Trinajstić information content (AvgIpc) is 2.29. The van der Waals surface area contributed by atoms with E-state index in [-0.39, 0.29) is 11.7 Å². The predicted octanol–water partition coefficient (Wildman–Crippen LogP) is 1.47. The average molecular weight is 247 g/mol. The molecule has 1 aromatic carbocycles. The molecule has 4 heteroatoms. The van der Waals surface area contributed by atoms with Crippen LogP contribution in [0, 0.1) is 13.8 Å². The van der Waals surface area contributed by atoms with Crippen LogP contribution >= 0.6 is 0 Å². The molecule has 0 spiro atoms. The van der Waals surface area contributed by atoms with E-state index in [4.69, 9.17) is 11.5 Å². The van der Waals surface area contributed by atoms with E-state index in [1.54, 1.807) is 0 Å². The number of aliphatic imine (C=N–C) groups is 1. The number of nitrogens with two attached hydrogens (primary N) is 2. The number of hydrogen-bond donors (Lipinski definition) is 2. The zero-order chi connectivity index (χ0) is 13.5. The highest BCUT2D eigenvalue weighted by molar-refractivity contribution is 5.81. The van der Waals surface area contributed by atoms with Gasteiger partial charge in [-0.15, -0.1) is 0 Å². The first-order chi connectivity index (χ1) is 8.50. The van der Waals surface area contributed by atoms with E-state index in [9.17, 15) is 4.79 Å². The first kappa shape index (κ1) is 14.2. The van der Waals surface area contributed by atoms with Gasteiger partial charge in [-0.1, -0.05) is 18.2 Å². The zero-order valence-corrected chi connectivity index (χ0v) is 11.1. The standard InChI is InChI=1S/C14H21N3O/c1-10-5-3-6-11(2)13(10)9-12(18)7-4-8-17-14(15)16/h3,5-6H,4,7-9H2,1-2H3,(H4,15,16,17). The normalized spacial score (nSPS) is 10.1. The summed E-state index contributed by atoms with van der Waals surface area (Å²) in [6.07, 6.45) is 1.71. The van der Waals surface area contributed by atoms with E-state index in [0.717, 1.165) is 5.56 Å². The van der Waals surface area contributed by atoms with E-state index in [1.807, 2.05) is 32.0 Å². The van der Waals surface area contributed by atoms with Crippen LogP contribution in [0.25, 0.3) is 0 Å². The number of hydrogen-bond acceptors (Lipinski definition) is 2. The Labute approximate surface area is 108 Å². The van der Waals surface area contributed by atoms with Gasteiger partial charge in [-0.2, -0.15) is 0 Å². The molecule has 18 heavy (non-hydrogen) atoms. The van der Waals surface area contributed by atoms with Crippen molar-refractivity contribution >= 4 is 11.7 Å². The molecule has 1 aromatic rings. The Hall–Kier alpha value is -1.84. The first-order valence-electron chi connectivity index (χ1n) is 6.13. The number of carbonyl (C=O) groups is 1. The Morgan fingerprint density at radius 3 is 2.39 bits per heavy atom. The summed E-state index contributed by atoms with van der Waals surface area (Å²) in [6, 6.07) is 6.08. The second-order valence-electron chi connectivity index (χ2n) is 4.50. The molecule has 4 nitrogen and oxygen atoms in total. The van der Waals surface area contributed by atoms with E-state index in [2.05, 4.69) is 4.99 Å². The maximum Gasteiger partial charge on any atom is 0.185 e. The molecule has 1 rings (SSSR count).